The molecular weight excluding hydrogens is 472 g/mol. The van der Waals surface area contributed by atoms with Crippen molar-refractivity contribution in [2.45, 2.75) is 87.9 Å². The van der Waals surface area contributed by atoms with E-state index in [0.29, 0.717) is 13.2 Å². The van der Waals surface area contributed by atoms with Crippen molar-refractivity contribution in [1.29, 1.82) is 0 Å². The molecule has 10 rings (SSSR count). The number of hydrogen-bond acceptors (Lipinski definition) is 4. The summed E-state index contributed by atoms with van der Waals surface area (Å²) in [6, 6.07) is 8.94. The summed E-state index contributed by atoms with van der Waals surface area (Å²) in [6.45, 7) is 0.732. The molecule has 8 aliphatic carbocycles. The molecule has 0 spiro atoms. The average Bonchev–Trinajstić information content (AvgIpc) is 2.88. The van der Waals surface area contributed by atoms with E-state index in [2.05, 4.69) is 24.3 Å². The topological polar surface area (TPSA) is 58.9 Å². The van der Waals surface area contributed by atoms with E-state index in [1.54, 1.807) is 11.1 Å². The molecule has 0 unspecified atom stereocenters. The number of aliphatic hydroxyl groups is 2. The smallest absolute Gasteiger partial charge is 0.124 e. The van der Waals surface area contributed by atoms with Crippen molar-refractivity contribution in [2.75, 3.05) is 26.4 Å². The molecule has 8 saturated carbocycles. The Morgan fingerprint density at radius 1 is 0.605 bits per heavy atom. The van der Waals surface area contributed by atoms with Gasteiger partial charge < -0.3 is 19.7 Å². The fraction of sp³-hybridized carbons (Fsp3) is 0.706. The van der Waals surface area contributed by atoms with Crippen LogP contribution in [0.25, 0.3) is 10.8 Å². The van der Waals surface area contributed by atoms with Gasteiger partial charge in [0.2, 0.25) is 0 Å². The molecule has 0 heterocycles. The summed E-state index contributed by atoms with van der Waals surface area (Å²) in [5.41, 5.74) is 3.72. The highest BCUT2D eigenvalue weighted by molar-refractivity contribution is 5.91. The fourth-order valence-electron chi connectivity index (χ4n) is 11.8. The molecule has 8 bridgehead atoms. The van der Waals surface area contributed by atoms with Crippen LogP contribution in [-0.4, -0.2) is 36.6 Å². The molecule has 0 aromatic heterocycles. The molecular formula is C34H44O4. The average molecular weight is 517 g/mol. The Morgan fingerprint density at radius 2 is 1.08 bits per heavy atom. The molecule has 0 radical (unpaired) electrons. The lowest BCUT2D eigenvalue weighted by molar-refractivity contribution is -0.0179. The highest BCUT2D eigenvalue weighted by atomic mass is 16.5. The maximum atomic E-state index is 9.84. The second kappa shape index (κ2) is 8.86. The Bertz CT molecular complexity index is 1160. The van der Waals surface area contributed by atoms with Gasteiger partial charge in [-0.2, -0.15) is 0 Å². The molecule has 4 nitrogen and oxygen atoms in total. The molecule has 4 heteroatoms. The van der Waals surface area contributed by atoms with Gasteiger partial charge in [0, 0.05) is 11.0 Å². The quantitative estimate of drug-likeness (QED) is 0.420. The van der Waals surface area contributed by atoms with Gasteiger partial charge in [-0.1, -0.05) is 6.07 Å². The molecule has 8 aliphatic rings. The third kappa shape index (κ3) is 3.69. The molecule has 0 aliphatic heterocycles. The van der Waals surface area contributed by atoms with Crippen LogP contribution in [0.15, 0.2) is 24.3 Å². The maximum Gasteiger partial charge on any atom is 0.124 e. The first kappa shape index (κ1) is 24.1. The first-order valence-corrected chi connectivity index (χ1v) is 15.7. The first-order valence-electron chi connectivity index (χ1n) is 15.7. The maximum absolute atomic E-state index is 9.84. The van der Waals surface area contributed by atoms with E-state index in [4.69, 9.17) is 9.47 Å². The van der Waals surface area contributed by atoms with Crippen molar-refractivity contribution in [2.24, 2.45) is 35.5 Å². The standard InChI is InChI=1S/C34H44O4/c35-3-5-37-28-1-2-29-27(13-28)14-30(38-6-4-36)32(34-18-24-10-25(19-34)12-26(11-24)20-34)31(29)33-15-21-7-22(16-33)9-23(8-21)17-33/h1-2,13-14,21-26,35-36H,3-12,15-20H2. The Hall–Kier alpha value is -1.78. The van der Waals surface area contributed by atoms with E-state index >= 15 is 0 Å². The van der Waals surface area contributed by atoms with Crippen LogP contribution in [0.4, 0.5) is 0 Å². The van der Waals surface area contributed by atoms with Crippen molar-refractivity contribution in [3.05, 3.63) is 35.4 Å². The molecule has 8 fully saturated rings. The van der Waals surface area contributed by atoms with E-state index in [9.17, 15) is 10.2 Å². The predicted molar refractivity (Wildman–Crippen MR) is 149 cm³/mol. The lowest BCUT2D eigenvalue weighted by Gasteiger charge is -2.61. The van der Waals surface area contributed by atoms with Crippen molar-refractivity contribution < 1.29 is 19.7 Å². The Balaban J connectivity index is 1.37. The summed E-state index contributed by atoms with van der Waals surface area (Å²) in [7, 11) is 0. The second-order valence-corrected chi connectivity index (χ2v) is 14.5. The molecule has 0 saturated heterocycles. The number of hydrogen-bond donors (Lipinski definition) is 2. The predicted octanol–water partition coefficient (Wildman–Crippen LogP) is 6.52. The summed E-state index contributed by atoms with van der Waals surface area (Å²) in [6.07, 6.45) is 16.7. The van der Waals surface area contributed by atoms with Crippen LogP contribution in [0, 0.1) is 35.5 Å². The van der Waals surface area contributed by atoms with E-state index in [-0.39, 0.29) is 24.0 Å². The zero-order valence-electron chi connectivity index (χ0n) is 22.8. The minimum Gasteiger partial charge on any atom is -0.491 e. The molecule has 204 valence electrons. The molecule has 2 aromatic rings. The van der Waals surface area contributed by atoms with Gasteiger partial charge in [0.05, 0.1) is 13.2 Å². The highest BCUT2D eigenvalue weighted by Gasteiger charge is 2.58. The summed E-state index contributed by atoms with van der Waals surface area (Å²) in [5.74, 6) is 7.15. The third-order valence-electron chi connectivity index (χ3n) is 11.9. The normalized spacial score (nSPS) is 40.3. The lowest BCUT2D eigenvalue weighted by Crippen LogP contribution is -2.52. The molecule has 0 atom stereocenters. The lowest BCUT2D eigenvalue weighted by atomic mass is 9.43. The monoisotopic (exact) mass is 516 g/mol. The minimum atomic E-state index is 0.0202. The second-order valence-electron chi connectivity index (χ2n) is 14.5. The fourth-order valence-corrected chi connectivity index (χ4v) is 11.8. The van der Waals surface area contributed by atoms with E-state index in [0.717, 1.165) is 47.0 Å². The SMILES string of the molecule is OCCOc1ccc2c(C34CC5CC(CC(C5)C3)C4)c(C34CC5CC(CC(C5)C3)C4)c(OCCO)cc2c1. The number of rotatable bonds is 8. The van der Waals surface area contributed by atoms with Crippen LogP contribution in [0.5, 0.6) is 11.5 Å². The van der Waals surface area contributed by atoms with Crippen molar-refractivity contribution in [3.8, 4) is 11.5 Å². The molecule has 2 aromatic carbocycles. The zero-order chi connectivity index (χ0) is 25.5. The minimum absolute atomic E-state index is 0.0202. The van der Waals surface area contributed by atoms with Gasteiger partial charge in [-0.3, -0.25) is 0 Å². The van der Waals surface area contributed by atoms with Gasteiger partial charge in [-0.15, -0.1) is 0 Å². The van der Waals surface area contributed by atoms with Gasteiger partial charge in [-0.25, -0.2) is 0 Å². The zero-order valence-corrected chi connectivity index (χ0v) is 22.8. The summed E-state index contributed by atoms with van der Waals surface area (Å²) in [4.78, 5) is 0. The van der Waals surface area contributed by atoms with Crippen LogP contribution < -0.4 is 9.47 Å². The number of fused-ring (bicyclic) bond motifs is 1. The van der Waals surface area contributed by atoms with Crippen LogP contribution >= 0.6 is 0 Å². The Labute approximate surface area is 227 Å². The van der Waals surface area contributed by atoms with Crippen LogP contribution in [0.3, 0.4) is 0 Å². The van der Waals surface area contributed by atoms with E-state index in [1.165, 1.54) is 87.8 Å². The highest BCUT2D eigenvalue weighted by Crippen LogP contribution is 2.67. The number of ether oxygens (including phenoxy) is 2. The van der Waals surface area contributed by atoms with E-state index in [1.807, 2.05) is 0 Å². The van der Waals surface area contributed by atoms with E-state index < -0.39 is 0 Å². The molecule has 2 N–H and O–H groups in total. The summed E-state index contributed by atoms with van der Waals surface area (Å²) >= 11 is 0. The van der Waals surface area contributed by atoms with Gasteiger partial charge in [0.1, 0.15) is 24.7 Å². The number of aliphatic hydroxyl groups excluding tert-OH is 2. The Kier molecular flexibility index (Phi) is 5.61. The molecule has 0 amide bonds. The van der Waals surface area contributed by atoms with Crippen molar-refractivity contribution in [1.82, 2.24) is 0 Å². The summed E-state index contributed by atoms with van der Waals surface area (Å²) < 4.78 is 12.5. The van der Waals surface area contributed by atoms with Crippen LogP contribution in [0.2, 0.25) is 0 Å². The first-order chi connectivity index (χ1) is 18.6. The van der Waals surface area contributed by atoms with Crippen LogP contribution in [-0.2, 0) is 10.8 Å². The third-order valence-corrected chi connectivity index (χ3v) is 11.9. The van der Waals surface area contributed by atoms with Gasteiger partial charge >= 0.3 is 0 Å². The van der Waals surface area contributed by atoms with Gasteiger partial charge in [0.15, 0.2) is 0 Å². The van der Waals surface area contributed by atoms with Crippen molar-refractivity contribution in [3.63, 3.8) is 0 Å². The van der Waals surface area contributed by atoms with Gasteiger partial charge in [-0.05, 0) is 153 Å². The largest absolute Gasteiger partial charge is 0.491 e. The number of benzene rings is 2. The summed E-state index contributed by atoms with van der Waals surface area (Å²) in [5, 5.41) is 21.8. The Morgan fingerprint density at radius 3 is 1.58 bits per heavy atom. The van der Waals surface area contributed by atoms with Gasteiger partial charge in [0.25, 0.3) is 0 Å². The van der Waals surface area contributed by atoms with Crippen LogP contribution in [0.1, 0.15) is 88.2 Å². The van der Waals surface area contributed by atoms with Crippen molar-refractivity contribution >= 4 is 10.8 Å². The molecule has 38 heavy (non-hydrogen) atoms.